The van der Waals surface area contributed by atoms with Crippen molar-refractivity contribution in [1.29, 1.82) is 0 Å². The minimum absolute atomic E-state index is 0.127. The summed E-state index contributed by atoms with van der Waals surface area (Å²) in [6.07, 6.45) is 5.03. The number of hydrogen-bond acceptors (Lipinski definition) is 3. The van der Waals surface area contributed by atoms with Crippen LogP contribution in [0.4, 0.5) is 0 Å². The first-order valence-corrected chi connectivity index (χ1v) is 7.99. The Labute approximate surface area is 134 Å². The van der Waals surface area contributed by atoms with E-state index in [4.69, 9.17) is 9.52 Å². The molecule has 0 radical (unpaired) electrons. The highest BCUT2D eigenvalue weighted by molar-refractivity contribution is 5.90. The molecule has 122 valence electrons. The van der Waals surface area contributed by atoms with E-state index in [9.17, 15) is 9.59 Å². The molecule has 1 amide bonds. The predicted octanol–water partition coefficient (Wildman–Crippen LogP) is 2.69. The maximum atomic E-state index is 12.2. The van der Waals surface area contributed by atoms with Gasteiger partial charge in [-0.3, -0.25) is 4.79 Å². The molecule has 5 heteroatoms. The van der Waals surface area contributed by atoms with Gasteiger partial charge in [0, 0.05) is 10.9 Å². The van der Waals surface area contributed by atoms with Gasteiger partial charge in [-0.05, 0) is 48.4 Å². The summed E-state index contributed by atoms with van der Waals surface area (Å²) < 4.78 is 5.58. The SMILES string of the molecule is CC(C)C(NC(=O)Cc1coc2cc3c(cc12)CCC3)C(=O)O. The smallest absolute Gasteiger partial charge is 0.326 e. The lowest BCUT2D eigenvalue weighted by Gasteiger charge is -2.17. The van der Waals surface area contributed by atoms with Crippen molar-refractivity contribution in [1.82, 2.24) is 5.32 Å². The zero-order valence-electron chi connectivity index (χ0n) is 13.4. The zero-order valence-corrected chi connectivity index (χ0v) is 13.4. The Morgan fingerprint density at radius 1 is 1.26 bits per heavy atom. The molecule has 0 spiro atoms. The predicted molar refractivity (Wildman–Crippen MR) is 86.3 cm³/mol. The molecule has 2 N–H and O–H groups in total. The van der Waals surface area contributed by atoms with Crippen LogP contribution in [-0.4, -0.2) is 23.0 Å². The van der Waals surface area contributed by atoms with Gasteiger partial charge in [0.05, 0.1) is 12.7 Å². The first-order valence-electron chi connectivity index (χ1n) is 7.99. The van der Waals surface area contributed by atoms with Crippen molar-refractivity contribution in [2.75, 3.05) is 0 Å². The van der Waals surface area contributed by atoms with E-state index in [0.717, 1.165) is 35.8 Å². The van der Waals surface area contributed by atoms with Crippen LogP contribution in [0, 0.1) is 5.92 Å². The minimum atomic E-state index is -1.01. The molecule has 1 aromatic heterocycles. The number of aliphatic carboxylic acids is 1. The topological polar surface area (TPSA) is 79.5 Å². The number of fused-ring (bicyclic) bond motifs is 2. The highest BCUT2D eigenvalue weighted by atomic mass is 16.4. The largest absolute Gasteiger partial charge is 0.480 e. The normalized spacial score (nSPS) is 14.9. The van der Waals surface area contributed by atoms with Gasteiger partial charge in [-0.15, -0.1) is 0 Å². The molecule has 3 rings (SSSR count). The van der Waals surface area contributed by atoms with Gasteiger partial charge in [-0.2, -0.15) is 0 Å². The molecule has 1 aliphatic carbocycles. The summed E-state index contributed by atoms with van der Waals surface area (Å²) in [5, 5.41) is 12.7. The fourth-order valence-electron chi connectivity index (χ4n) is 3.20. The van der Waals surface area contributed by atoms with Gasteiger partial charge >= 0.3 is 5.97 Å². The number of carbonyl (C=O) groups is 2. The molecule has 1 heterocycles. The fourth-order valence-corrected chi connectivity index (χ4v) is 3.20. The van der Waals surface area contributed by atoms with E-state index < -0.39 is 12.0 Å². The molecule has 1 aliphatic rings. The van der Waals surface area contributed by atoms with Crippen LogP contribution in [0.5, 0.6) is 0 Å². The summed E-state index contributed by atoms with van der Waals surface area (Å²) in [4.78, 5) is 23.4. The molecule has 0 saturated heterocycles. The van der Waals surface area contributed by atoms with Crippen molar-refractivity contribution >= 4 is 22.8 Å². The number of furan rings is 1. The number of carbonyl (C=O) groups excluding carboxylic acids is 1. The van der Waals surface area contributed by atoms with Crippen molar-refractivity contribution in [2.45, 2.75) is 45.6 Å². The second-order valence-corrected chi connectivity index (χ2v) is 6.54. The number of carboxylic acid groups (broad SMARTS) is 1. The molecule has 0 aliphatic heterocycles. The molecular formula is C18H21NO4. The molecule has 2 aromatic rings. The molecule has 0 bridgehead atoms. The average Bonchev–Trinajstić information content (AvgIpc) is 3.08. The summed E-state index contributed by atoms with van der Waals surface area (Å²) in [6.45, 7) is 3.55. The van der Waals surface area contributed by atoms with Crippen LogP contribution >= 0.6 is 0 Å². The Bertz CT molecular complexity index is 760. The second kappa shape index (κ2) is 6.07. The van der Waals surface area contributed by atoms with Gasteiger partial charge in [0.25, 0.3) is 0 Å². The number of benzene rings is 1. The lowest BCUT2D eigenvalue weighted by molar-refractivity contribution is -0.143. The average molecular weight is 315 g/mol. The first-order chi connectivity index (χ1) is 11.0. The molecule has 23 heavy (non-hydrogen) atoms. The Hall–Kier alpha value is -2.30. The van der Waals surface area contributed by atoms with Crippen LogP contribution in [0.25, 0.3) is 11.0 Å². The number of carboxylic acids is 1. The summed E-state index contributed by atoms with van der Waals surface area (Å²) in [5.41, 5.74) is 4.26. The number of rotatable bonds is 5. The summed E-state index contributed by atoms with van der Waals surface area (Å²) in [7, 11) is 0. The molecule has 1 aromatic carbocycles. The van der Waals surface area contributed by atoms with E-state index in [-0.39, 0.29) is 18.2 Å². The maximum absolute atomic E-state index is 12.2. The number of aryl methyl sites for hydroxylation is 2. The Balaban J connectivity index is 1.79. The van der Waals surface area contributed by atoms with Crippen LogP contribution in [-0.2, 0) is 28.9 Å². The molecule has 1 atom stereocenters. The van der Waals surface area contributed by atoms with E-state index in [1.807, 2.05) is 0 Å². The van der Waals surface area contributed by atoms with Crippen molar-refractivity contribution < 1.29 is 19.1 Å². The molecular weight excluding hydrogens is 294 g/mol. The van der Waals surface area contributed by atoms with Crippen LogP contribution in [0.15, 0.2) is 22.8 Å². The quantitative estimate of drug-likeness (QED) is 0.889. The molecule has 5 nitrogen and oxygen atoms in total. The van der Waals surface area contributed by atoms with E-state index in [2.05, 4.69) is 17.4 Å². The van der Waals surface area contributed by atoms with Gasteiger partial charge in [0.15, 0.2) is 0 Å². The molecule has 0 fully saturated rings. The Morgan fingerprint density at radius 3 is 2.61 bits per heavy atom. The fraction of sp³-hybridized carbons (Fsp3) is 0.444. The van der Waals surface area contributed by atoms with Gasteiger partial charge in [-0.25, -0.2) is 4.79 Å². The highest BCUT2D eigenvalue weighted by Crippen LogP contribution is 2.30. The summed E-state index contributed by atoms with van der Waals surface area (Å²) >= 11 is 0. The third kappa shape index (κ3) is 3.09. The van der Waals surface area contributed by atoms with Crippen molar-refractivity contribution in [3.63, 3.8) is 0 Å². The van der Waals surface area contributed by atoms with Gasteiger partial charge in [0.1, 0.15) is 11.6 Å². The number of hydrogen-bond donors (Lipinski definition) is 2. The van der Waals surface area contributed by atoms with Crippen molar-refractivity contribution in [3.05, 3.63) is 35.1 Å². The van der Waals surface area contributed by atoms with Gasteiger partial charge in [-0.1, -0.05) is 13.8 Å². The lowest BCUT2D eigenvalue weighted by Crippen LogP contribution is -2.44. The third-order valence-corrected chi connectivity index (χ3v) is 4.47. The second-order valence-electron chi connectivity index (χ2n) is 6.54. The monoisotopic (exact) mass is 315 g/mol. The van der Waals surface area contributed by atoms with Crippen LogP contribution in [0.2, 0.25) is 0 Å². The van der Waals surface area contributed by atoms with Crippen LogP contribution in [0.3, 0.4) is 0 Å². The van der Waals surface area contributed by atoms with Gasteiger partial charge in [0.2, 0.25) is 5.91 Å². The van der Waals surface area contributed by atoms with E-state index >= 15 is 0 Å². The first kappa shape index (κ1) is 15.6. The van der Waals surface area contributed by atoms with Gasteiger partial charge < -0.3 is 14.8 Å². The lowest BCUT2D eigenvalue weighted by atomic mass is 10.0. The minimum Gasteiger partial charge on any atom is -0.480 e. The van der Waals surface area contributed by atoms with E-state index in [0.29, 0.717) is 0 Å². The van der Waals surface area contributed by atoms with E-state index in [1.54, 1.807) is 20.1 Å². The number of nitrogens with one attached hydrogen (secondary N) is 1. The molecule has 1 unspecified atom stereocenters. The number of amides is 1. The van der Waals surface area contributed by atoms with Crippen molar-refractivity contribution in [2.24, 2.45) is 5.92 Å². The third-order valence-electron chi connectivity index (χ3n) is 4.47. The van der Waals surface area contributed by atoms with Crippen LogP contribution in [0.1, 0.15) is 37.0 Å². The van der Waals surface area contributed by atoms with Crippen molar-refractivity contribution in [3.8, 4) is 0 Å². The Kier molecular flexibility index (Phi) is 4.11. The Morgan fingerprint density at radius 2 is 1.96 bits per heavy atom. The molecule has 0 saturated carbocycles. The zero-order chi connectivity index (χ0) is 16.6. The summed E-state index contributed by atoms with van der Waals surface area (Å²) in [6, 6.07) is 3.30. The maximum Gasteiger partial charge on any atom is 0.326 e. The van der Waals surface area contributed by atoms with Crippen LogP contribution < -0.4 is 5.32 Å². The highest BCUT2D eigenvalue weighted by Gasteiger charge is 2.24. The van der Waals surface area contributed by atoms with E-state index in [1.165, 1.54) is 11.1 Å². The summed E-state index contributed by atoms with van der Waals surface area (Å²) in [5.74, 6) is -1.47. The standard InChI is InChI=1S/C18H21NO4/c1-10(2)17(18(21)22)19-16(20)8-13-9-23-15-7-12-5-3-4-11(12)6-14(13)15/h6-7,9-10,17H,3-5,8H2,1-2H3,(H,19,20)(H,21,22).